The van der Waals surface area contributed by atoms with Gasteiger partial charge in [0.05, 0.1) is 11.6 Å². The lowest BCUT2D eigenvalue weighted by Gasteiger charge is -2.10. The van der Waals surface area contributed by atoms with E-state index in [4.69, 9.17) is 27.9 Å². The van der Waals surface area contributed by atoms with E-state index in [1.165, 1.54) is 0 Å². The highest BCUT2D eigenvalue weighted by Crippen LogP contribution is 2.31. The number of aromatic nitrogens is 1. The maximum Gasteiger partial charge on any atom is 0.224 e. The number of pyridine rings is 1. The fourth-order valence-corrected chi connectivity index (χ4v) is 2.90. The van der Waals surface area contributed by atoms with Crippen LogP contribution in [0, 0.1) is 0 Å². The van der Waals surface area contributed by atoms with E-state index < -0.39 is 0 Å². The Balaban J connectivity index is 1.49. The number of nitrogens with one attached hydrogen (secondary N) is 1. The van der Waals surface area contributed by atoms with Crippen LogP contribution in [0.1, 0.15) is 12.8 Å². The molecule has 1 heterocycles. The predicted octanol–water partition coefficient (Wildman–Crippen LogP) is 5.85. The molecule has 0 fully saturated rings. The first-order chi connectivity index (χ1) is 13.1. The van der Waals surface area contributed by atoms with Gasteiger partial charge >= 0.3 is 0 Å². The van der Waals surface area contributed by atoms with Gasteiger partial charge in [-0.1, -0.05) is 41.4 Å². The molecule has 6 heteroatoms. The first-order valence-corrected chi connectivity index (χ1v) is 9.26. The van der Waals surface area contributed by atoms with Crippen molar-refractivity contribution in [3.05, 3.63) is 77.0 Å². The molecule has 27 heavy (non-hydrogen) atoms. The summed E-state index contributed by atoms with van der Waals surface area (Å²) in [6, 6.07) is 16.8. The van der Waals surface area contributed by atoms with Crippen molar-refractivity contribution in [2.45, 2.75) is 12.8 Å². The van der Waals surface area contributed by atoms with Crippen molar-refractivity contribution in [1.82, 2.24) is 4.98 Å². The number of amides is 1. The highest BCUT2D eigenvalue weighted by Gasteiger charge is 2.07. The molecule has 2 aromatic carbocycles. The summed E-state index contributed by atoms with van der Waals surface area (Å²) in [7, 11) is 0. The van der Waals surface area contributed by atoms with Crippen LogP contribution in [-0.2, 0) is 4.79 Å². The zero-order valence-electron chi connectivity index (χ0n) is 14.5. The third-order valence-electron chi connectivity index (χ3n) is 3.88. The largest absolute Gasteiger partial charge is 0.492 e. The zero-order chi connectivity index (χ0) is 19.1. The number of hydrogen-bond acceptors (Lipinski definition) is 3. The first-order valence-electron chi connectivity index (χ1n) is 8.50. The highest BCUT2D eigenvalue weighted by molar-refractivity contribution is 6.42. The van der Waals surface area contributed by atoms with Crippen molar-refractivity contribution < 1.29 is 9.53 Å². The molecule has 3 rings (SSSR count). The van der Waals surface area contributed by atoms with Crippen molar-refractivity contribution >= 4 is 34.8 Å². The number of carbonyl (C=O) groups is 1. The Morgan fingerprint density at radius 1 is 1.00 bits per heavy atom. The molecule has 1 amide bonds. The third-order valence-corrected chi connectivity index (χ3v) is 4.68. The molecule has 4 nitrogen and oxygen atoms in total. The Bertz CT molecular complexity index is 917. The second kappa shape index (κ2) is 9.40. The van der Waals surface area contributed by atoms with Gasteiger partial charge in [-0.25, -0.2) is 0 Å². The van der Waals surface area contributed by atoms with E-state index in [2.05, 4.69) is 10.3 Å². The molecule has 1 N–H and O–H groups in total. The molecule has 0 saturated carbocycles. The molecule has 0 aliphatic heterocycles. The average molecular weight is 401 g/mol. The maximum atomic E-state index is 12.2. The van der Waals surface area contributed by atoms with Gasteiger partial charge in [0.2, 0.25) is 5.91 Å². The lowest BCUT2D eigenvalue weighted by molar-refractivity contribution is -0.116. The van der Waals surface area contributed by atoms with Crippen LogP contribution in [0.2, 0.25) is 10.0 Å². The number of anilines is 1. The number of halogens is 2. The van der Waals surface area contributed by atoms with Crippen LogP contribution in [-0.4, -0.2) is 17.5 Å². The van der Waals surface area contributed by atoms with Gasteiger partial charge in [-0.2, -0.15) is 0 Å². The molecule has 0 saturated heterocycles. The Morgan fingerprint density at radius 2 is 1.78 bits per heavy atom. The minimum atomic E-state index is -0.0670. The summed E-state index contributed by atoms with van der Waals surface area (Å²) in [6.07, 6.45) is 4.40. The van der Waals surface area contributed by atoms with Gasteiger partial charge in [-0.05, 0) is 53.9 Å². The van der Waals surface area contributed by atoms with Crippen LogP contribution >= 0.6 is 23.2 Å². The summed E-state index contributed by atoms with van der Waals surface area (Å²) in [5.41, 5.74) is 2.83. The number of nitrogens with zero attached hydrogens (tertiary/aromatic N) is 1. The summed E-state index contributed by atoms with van der Waals surface area (Å²) in [5, 5.41) is 3.75. The Labute approximate surface area is 168 Å². The van der Waals surface area contributed by atoms with E-state index in [-0.39, 0.29) is 5.91 Å². The molecule has 0 atom stereocenters. The molecule has 0 aliphatic carbocycles. The molecular weight excluding hydrogens is 383 g/mol. The smallest absolute Gasteiger partial charge is 0.224 e. The summed E-state index contributed by atoms with van der Waals surface area (Å²) in [5.74, 6) is 0.456. The van der Waals surface area contributed by atoms with Gasteiger partial charge in [0.25, 0.3) is 0 Å². The standard InChI is InChI=1S/C21H18Cl2N2O2/c22-18-6-2-7-19(21(18)23)27-13-3-8-20(26)25-17-5-1-4-16(14-17)15-9-11-24-12-10-15/h1-2,4-7,9-12,14H,3,8,13H2,(H,25,26). The van der Waals surface area contributed by atoms with Crippen LogP contribution in [0.3, 0.4) is 0 Å². The van der Waals surface area contributed by atoms with Crippen LogP contribution in [0.25, 0.3) is 11.1 Å². The monoisotopic (exact) mass is 400 g/mol. The summed E-state index contributed by atoms with van der Waals surface area (Å²) >= 11 is 12.0. The van der Waals surface area contributed by atoms with Crippen LogP contribution in [0.5, 0.6) is 5.75 Å². The summed E-state index contributed by atoms with van der Waals surface area (Å²) in [4.78, 5) is 16.2. The summed E-state index contributed by atoms with van der Waals surface area (Å²) < 4.78 is 5.59. The van der Waals surface area contributed by atoms with Gasteiger partial charge < -0.3 is 10.1 Å². The van der Waals surface area contributed by atoms with Gasteiger partial charge in [0.1, 0.15) is 10.8 Å². The number of rotatable bonds is 7. The fourth-order valence-electron chi connectivity index (χ4n) is 2.55. The molecule has 3 aromatic rings. The molecule has 0 aliphatic rings. The summed E-state index contributed by atoms with van der Waals surface area (Å²) in [6.45, 7) is 0.380. The zero-order valence-corrected chi connectivity index (χ0v) is 16.0. The second-order valence-electron chi connectivity index (χ2n) is 5.87. The molecule has 1 aromatic heterocycles. The minimum Gasteiger partial charge on any atom is -0.492 e. The van der Waals surface area contributed by atoms with Gasteiger partial charge in [0, 0.05) is 24.5 Å². The molecule has 0 unspecified atom stereocenters. The van der Waals surface area contributed by atoms with Crippen molar-refractivity contribution in [2.75, 3.05) is 11.9 Å². The van der Waals surface area contributed by atoms with E-state index >= 15 is 0 Å². The van der Waals surface area contributed by atoms with Crippen LogP contribution in [0.4, 0.5) is 5.69 Å². The lowest BCUT2D eigenvalue weighted by Crippen LogP contribution is -2.12. The van der Waals surface area contributed by atoms with Crippen molar-refractivity contribution in [2.24, 2.45) is 0 Å². The number of carbonyl (C=O) groups excluding carboxylic acids is 1. The number of benzene rings is 2. The van der Waals surface area contributed by atoms with Crippen LogP contribution in [0.15, 0.2) is 67.0 Å². The maximum absolute atomic E-state index is 12.2. The fraction of sp³-hybridized carbons (Fsp3) is 0.143. The van der Waals surface area contributed by atoms with Crippen molar-refractivity contribution in [3.63, 3.8) is 0 Å². The van der Waals surface area contributed by atoms with E-state index in [0.717, 1.165) is 16.8 Å². The Hall–Kier alpha value is -2.56. The van der Waals surface area contributed by atoms with E-state index in [0.29, 0.717) is 35.2 Å². The lowest BCUT2D eigenvalue weighted by atomic mass is 10.1. The first kappa shape index (κ1) is 19.2. The normalized spacial score (nSPS) is 10.4. The predicted molar refractivity (Wildman–Crippen MR) is 109 cm³/mol. The SMILES string of the molecule is O=C(CCCOc1cccc(Cl)c1Cl)Nc1cccc(-c2ccncc2)c1. The molecule has 0 radical (unpaired) electrons. The van der Waals surface area contributed by atoms with E-state index in [1.807, 2.05) is 36.4 Å². The van der Waals surface area contributed by atoms with E-state index in [9.17, 15) is 4.79 Å². The number of hydrogen-bond donors (Lipinski definition) is 1. The van der Waals surface area contributed by atoms with Gasteiger partial charge in [-0.3, -0.25) is 9.78 Å². The molecule has 0 spiro atoms. The van der Waals surface area contributed by atoms with Gasteiger partial charge in [-0.15, -0.1) is 0 Å². The van der Waals surface area contributed by atoms with E-state index in [1.54, 1.807) is 30.6 Å². The third kappa shape index (κ3) is 5.46. The highest BCUT2D eigenvalue weighted by atomic mass is 35.5. The van der Waals surface area contributed by atoms with Crippen molar-refractivity contribution in [1.29, 1.82) is 0 Å². The topological polar surface area (TPSA) is 51.2 Å². The molecule has 138 valence electrons. The molecule has 0 bridgehead atoms. The Kier molecular flexibility index (Phi) is 6.69. The second-order valence-corrected chi connectivity index (χ2v) is 6.65. The molecular formula is C21H18Cl2N2O2. The van der Waals surface area contributed by atoms with Crippen molar-refractivity contribution in [3.8, 4) is 16.9 Å². The quantitative estimate of drug-likeness (QED) is 0.505. The minimum absolute atomic E-state index is 0.0670. The van der Waals surface area contributed by atoms with Gasteiger partial charge in [0.15, 0.2) is 0 Å². The van der Waals surface area contributed by atoms with Crippen LogP contribution < -0.4 is 10.1 Å². The number of ether oxygens (including phenoxy) is 1. The Morgan fingerprint density at radius 3 is 2.59 bits per heavy atom. The average Bonchev–Trinajstić information content (AvgIpc) is 2.69.